The highest BCUT2D eigenvalue weighted by atomic mass is 35.5. The van der Waals surface area contributed by atoms with Gasteiger partial charge in [0.05, 0.1) is 0 Å². The molecule has 0 saturated heterocycles. The van der Waals surface area contributed by atoms with E-state index in [4.69, 9.17) is 5.73 Å². The van der Waals surface area contributed by atoms with Crippen molar-refractivity contribution in [2.24, 2.45) is 11.7 Å². The van der Waals surface area contributed by atoms with Crippen LogP contribution in [0, 0.1) is 12.8 Å². The molecule has 0 amide bonds. The van der Waals surface area contributed by atoms with Gasteiger partial charge in [0.25, 0.3) is 0 Å². The van der Waals surface area contributed by atoms with Gasteiger partial charge in [-0.15, -0.1) is 12.4 Å². The molecule has 0 heterocycles. The van der Waals surface area contributed by atoms with Gasteiger partial charge in [-0.25, -0.2) is 0 Å². The van der Waals surface area contributed by atoms with E-state index in [0.717, 1.165) is 5.92 Å². The van der Waals surface area contributed by atoms with Gasteiger partial charge in [-0.05, 0) is 31.2 Å². The van der Waals surface area contributed by atoms with E-state index < -0.39 is 0 Å². The van der Waals surface area contributed by atoms with Crippen LogP contribution in [0.25, 0.3) is 0 Å². The molecule has 1 atom stereocenters. The Hall–Kier alpha value is -0.530. The van der Waals surface area contributed by atoms with Crippen LogP contribution < -0.4 is 5.73 Å². The van der Waals surface area contributed by atoms with Gasteiger partial charge < -0.3 is 5.73 Å². The lowest BCUT2D eigenvalue weighted by molar-refractivity contribution is 0.264. The maximum atomic E-state index is 6.17. The summed E-state index contributed by atoms with van der Waals surface area (Å²) in [6.07, 6.45) is 3.99. The Morgan fingerprint density at radius 2 is 2.07 bits per heavy atom. The van der Waals surface area contributed by atoms with E-state index in [-0.39, 0.29) is 18.4 Å². The van der Waals surface area contributed by atoms with Gasteiger partial charge >= 0.3 is 0 Å². The standard InChI is InChI=1S/C12H17N.ClH/c1-9-4-2-7-11(8-9)12(13)10-5-3-6-10;/h2,4,7-8,10,12H,3,5-6,13H2,1H3;1H/t12-;/m1./s1. The maximum Gasteiger partial charge on any atom is 0.0323 e. The summed E-state index contributed by atoms with van der Waals surface area (Å²) in [6.45, 7) is 2.12. The molecule has 2 rings (SSSR count). The first-order valence-corrected chi connectivity index (χ1v) is 5.09. The van der Waals surface area contributed by atoms with Crippen LogP contribution >= 0.6 is 12.4 Å². The second-order valence-corrected chi connectivity index (χ2v) is 4.13. The summed E-state index contributed by atoms with van der Waals surface area (Å²) >= 11 is 0. The molecule has 2 N–H and O–H groups in total. The number of hydrogen-bond acceptors (Lipinski definition) is 1. The first kappa shape index (κ1) is 11.5. The Bertz CT molecular complexity index is 294. The molecule has 2 heteroatoms. The van der Waals surface area contributed by atoms with Gasteiger partial charge in [-0.1, -0.05) is 36.2 Å². The number of hydrogen-bond donors (Lipinski definition) is 1. The second-order valence-electron chi connectivity index (χ2n) is 4.13. The van der Waals surface area contributed by atoms with Gasteiger partial charge in [0.2, 0.25) is 0 Å². The van der Waals surface area contributed by atoms with Crippen LogP contribution in [0.2, 0.25) is 0 Å². The molecule has 0 bridgehead atoms. The molecule has 0 aliphatic heterocycles. The molecule has 0 unspecified atom stereocenters. The van der Waals surface area contributed by atoms with Crippen LogP contribution in [-0.4, -0.2) is 0 Å². The number of rotatable bonds is 2. The van der Waals surface area contributed by atoms with E-state index in [1.54, 1.807) is 0 Å². The Balaban J connectivity index is 0.000000980. The summed E-state index contributed by atoms with van der Waals surface area (Å²) in [5, 5.41) is 0. The van der Waals surface area contributed by atoms with Crippen LogP contribution in [-0.2, 0) is 0 Å². The highest BCUT2D eigenvalue weighted by Gasteiger charge is 2.25. The summed E-state index contributed by atoms with van der Waals surface area (Å²) in [5.74, 6) is 0.738. The average Bonchev–Trinajstić information content (AvgIpc) is 2.01. The molecule has 1 aliphatic rings. The van der Waals surface area contributed by atoms with E-state index in [2.05, 4.69) is 31.2 Å². The van der Waals surface area contributed by atoms with Crippen LogP contribution in [0.5, 0.6) is 0 Å². The minimum atomic E-state index is 0. The van der Waals surface area contributed by atoms with Crippen molar-refractivity contribution in [3.05, 3.63) is 35.4 Å². The van der Waals surface area contributed by atoms with Gasteiger partial charge in [0.15, 0.2) is 0 Å². The zero-order valence-electron chi connectivity index (χ0n) is 8.57. The first-order valence-electron chi connectivity index (χ1n) is 5.09. The van der Waals surface area contributed by atoms with Crippen LogP contribution in [0.3, 0.4) is 0 Å². The normalized spacial score (nSPS) is 18.1. The topological polar surface area (TPSA) is 26.0 Å². The smallest absolute Gasteiger partial charge is 0.0323 e. The molecule has 0 spiro atoms. The predicted molar refractivity (Wildman–Crippen MR) is 62.7 cm³/mol. The monoisotopic (exact) mass is 211 g/mol. The van der Waals surface area contributed by atoms with Gasteiger partial charge in [0.1, 0.15) is 0 Å². The summed E-state index contributed by atoms with van der Waals surface area (Å²) in [4.78, 5) is 0. The number of aryl methyl sites for hydroxylation is 1. The molecule has 1 aliphatic carbocycles. The van der Waals surface area contributed by atoms with Crippen LogP contribution in [0.1, 0.15) is 36.4 Å². The molecule has 1 fully saturated rings. The van der Waals surface area contributed by atoms with Gasteiger partial charge in [-0.3, -0.25) is 0 Å². The highest BCUT2D eigenvalue weighted by molar-refractivity contribution is 5.85. The van der Waals surface area contributed by atoms with Crippen LogP contribution in [0.4, 0.5) is 0 Å². The SMILES string of the molecule is Cc1cccc([C@H](N)C2CCC2)c1.Cl. The van der Waals surface area contributed by atoms with Crippen LogP contribution in [0.15, 0.2) is 24.3 Å². The Kier molecular flexibility index (Phi) is 3.97. The molecular weight excluding hydrogens is 194 g/mol. The fourth-order valence-electron chi connectivity index (χ4n) is 1.95. The third-order valence-corrected chi connectivity index (χ3v) is 3.08. The van der Waals surface area contributed by atoms with E-state index in [1.165, 1.54) is 30.4 Å². The third kappa shape index (κ3) is 2.28. The predicted octanol–water partition coefficient (Wildman–Crippen LogP) is 3.22. The lowest BCUT2D eigenvalue weighted by Crippen LogP contribution is -2.26. The van der Waals surface area contributed by atoms with Crippen molar-refractivity contribution in [1.82, 2.24) is 0 Å². The molecule has 1 aromatic carbocycles. The van der Waals surface area contributed by atoms with E-state index in [9.17, 15) is 0 Å². The third-order valence-electron chi connectivity index (χ3n) is 3.08. The largest absolute Gasteiger partial charge is 0.324 e. The minimum absolute atomic E-state index is 0. The Labute approximate surface area is 92.1 Å². The Morgan fingerprint density at radius 1 is 1.36 bits per heavy atom. The zero-order chi connectivity index (χ0) is 9.26. The number of benzene rings is 1. The van der Waals surface area contributed by atoms with Crippen molar-refractivity contribution in [1.29, 1.82) is 0 Å². The lowest BCUT2D eigenvalue weighted by Gasteiger charge is -2.31. The summed E-state index contributed by atoms with van der Waals surface area (Å²) in [6, 6.07) is 8.85. The zero-order valence-corrected chi connectivity index (χ0v) is 9.39. The quantitative estimate of drug-likeness (QED) is 0.799. The lowest BCUT2D eigenvalue weighted by atomic mass is 9.77. The minimum Gasteiger partial charge on any atom is -0.324 e. The summed E-state index contributed by atoms with van der Waals surface area (Å²) in [5.41, 5.74) is 8.79. The van der Waals surface area contributed by atoms with E-state index >= 15 is 0 Å². The van der Waals surface area contributed by atoms with Crippen molar-refractivity contribution >= 4 is 12.4 Å². The molecule has 1 aromatic rings. The van der Waals surface area contributed by atoms with Crippen molar-refractivity contribution < 1.29 is 0 Å². The fourth-order valence-corrected chi connectivity index (χ4v) is 1.95. The summed E-state index contributed by atoms with van der Waals surface area (Å²) in [7, 11) is 0. The van der Waals surface area contributed by atoms with E-state index in [0.29, 0.717) is 0 Å². The van der Waals surface area contributed by atoms with Crippen molar-refractivity contribution in [2.45, 2.75) is 32.2 Å². The highest BCUT2D eigenvalue weighted by Crippen LogP contribution is 2.36. The Morgan fingerprint density at radius 3 is 2.57 bits per heavy atom. The summed E-state index contributed by atoms with van der Waals surface area (Å²) < 4.78 is 0. The second kappa shape index (κ2) is 4.81. The van der Waals surface area contributed by atoms with Crippen molar-refractivity contribution in [3.63, 3.8) is 0 Å². The first-order chi connectivity index (χ1) is 6.27. The molecule has 0 radical (unpaired) electrons. The van der Waals surface area contributed by atoms with Gasteiger partial charge in [0, 0.05) is 6.04 Å². The number of nitrogens with two attached hydrogens (primary N) is 1. The van der Waals surface area contributed by atoms with E-state index in [1.807, 2.05) is 0 Å². The molecule has 1 saturated carbocycles. The average molecular weight is 212 g/mol. The molecule has 1 nitrogen and oxygen atoms in total. The molecule has 14 heavy (non-hydrogen) atoms. The number of halogens is 1. The van der Waals surface area contributed by atoms with Crippen molar-refractivity contribution in [3.8, 4) is 0 Å². The molecule has 78 valence electrons. The maximum absolute atomic E-state index is 6.17. The van der Waals surface area contributed by atoms with Gasteiger partial charge in [-0.2, -0.15) is 0 Å². The fraction of sp³-hybridized carbons (Fsp3) is 0.500. The van der Waals surface area contributed by atoms with Crippen molar-refractivity contribution in [2.75, 3.05) is 0 Å². The molecular formula is C12H18ClN. The molecule has 0 aromatic heterocycles.